The predicted molar refractivity (Wildman–Crippen MR) is 51.9 cm³/mol. The van der Waals surface area contributed by atoms with Crippen molar-refractivity contribution >= 4 is 0 Å². The first-order valence-electron chi connectivity index (χ1n) is 4.60. The van der Waals surface area contributed by atoms with Crippen LogP contribution in [0.2, 0.25) is 0 Å². The van der Waals surface area contributed by atoms with Gasteiger partial charge in [-0.3, -0.25) is 0 Å². The molecule has 0 amide bonds. The summed E-state index contributed by atoms with van der Waals surface area (Å²) in [6.45, 7) is 5.54. The molecule has 2 atom stereocenters. The molecule has 1 heterocycles. The maximum atomic E-state index is 5.26. The number of hydrogen-bond donors (Lipinski definition) is 1. The van der Waals surface area contributed by atoms with E-state index < -0.39 is 0 Å². The van der Waals surface area contributed by atoms with Crippen LogP contribution in [-0.4, -0.2) is 37.6 Å². The van der Waals surface area contributed by atoms with Gasteiger partial charge < -0.3 is 10.2 Å². The van der Waals surface area contributed by atoms with Gasteiger partial charge in [0, 0.05) is 13.1 Å². The van der Waals surface area contributed by atoms with Crippen molar-refractivity contribution in [3.05, 3.63) is 0 Å². The Labute approximate surface area is 75.3 Å². The number of likely N-dealkylation sites (tertiary alicyclic amines) is 1. The standard InChI is InChI=1S/C10H18N2/c1-4-9(2)11-7-10-5-6-12(3)8-10/h1,9-11H,5-8H2,2-3H3. The summed E-state index contributed by atoms with van der Waals surface area (Å²) in [5.41, 5.74) is 0. The molecule has 1 aliphatic rings. The molecule has 1 saturated heterocycles. The van der Waals surface area contributed by atoms with E-state index in [1.54, 1.807) is 0 Å². The van der Waals surface area contributed by atoms with Crippen LogP contribution in [0.3, 0.4) is 0 Å². The Morgan fingerprint density at radius 3 is 3.00 bits per heavy atom. The van der Waals surface area contributed by atoms with E-state index in [0.29, 0.717) is 0 Å². The van der Waals surface area contributed by atoms with E-state index in [-0.39, 0.29) is 6.04 Å². The van der Waals surface area contributed by atoms with Crippen LogP contribution in [0.1, 0.15) is 13.3 Å². The fourth-order valence-electron chi connectivity index (χ4n) is 1.60. The molecule has 0 aliphatic carbocycles. The highest BCUT2D eigenvalue weighted by Gasteiger charge is 2.18. The van der Waals surface area contributed by atoms with Crippen LogP contribution in [0.25, 0.3) is 0 Å². The van der Waals surface area contributed by atoms with Gasteiger partial charge in [-0.05, 0) is 32.9 Å². The highest BCUT2D eigenvalue weighted by Crippen LogP contribution is 2.12. The summed E-state index contributed by atoms with van der Waals surface area (Å²) < 4.78 is 0. The van der Waals surface area contributed by atoms with Crippen molar-refractivity contribution in [1.82, 2.24) is 10.2 Å². The van der Waals surface area contributed by atoms with Crippen LogP contribution in [0.15, 0.2) is 0 Å². The molecule has 0 spiro atoms. The first-order valence-corrected chi connectivity index (χ1v) is 4.60. The Morgan fingerprint density at radius 2 is 2.50 bits per heavy atom. The highest BCUT2D eigenvalue weighted by atomic mass is 15.1. The van der Waals surface area contributed by atoms with Crippen molar-refractivity contribution < 1.29 is 0 Å². The van der Waals surface area contributed by atoms with Gasteiger partial charge in [0.05, 0.1) is 6.04 Å². The van der Waals surface area contributed by atoms with Gasteiger partial charge in [0.1, 0.15) is 0 Å². The minimum Gasteiger partial charge on any atom is -0.306 e. The summed E-state index contributed by atoms with van der Waals surface area (Å²) >= 11 is 0. The van der Waals surface area contributed by atoms with Crippen LogP contribution in [-0.2, 0) is 0 Å². The SMILES string of the molecule is C#CC(C)NCC1CCN(C)C1. The summed E-state index contributed by atoms with van der Waals surface area (Å²) in [7, 11) is 2.17. The molecular weight excluding hydrogens is 148 g/mol. The van der Waals surface area contributed by atoms with E-state index in [9.17, 15) is 0 Å². The van der Waals surface area contributed by atoms with Crippen molar-refractivity contribution in [3.8, 4) is 12.3 Å². The molecule has 2 unspecified atom stereocenters. The minimum absolute atomic E-state index is 0.218. The molecule has 1 rings (SSSR count). The molecule has 1 N–H and O–H groups in total. The third-order valence-corrected chi connectivity index (χ3v) is 2.45. The average molecular weight is 166 g/mol. The van der Waals surface area contributed by atoms with Gasteiger partial charge in [-0.15, -0.1) is 6.42 Å². The molecule has 1 fully saturated rings. The van der Waals surface area contributed by atoms with Crippen LogP contribution < -0.4 is 5.32 Å². The lowest BCUT2D eigenvalue weighted by Crippen LogP contribution is -2.31. The van der Waals surface area contributed by atoms with Gasteiger partial charge in [-0.1, -0.05) is 5.92 Å². The van der Waals surface area contributed by atoms with E-state index in [0.717, 1.165) is 12.5 Å². The third kappa shape index (κ3) is 2.84. The molecule has 0 aromatic carbocycles. The predicted octanol–water partition coefficient (Wildman–Crippen LogP) is 0.549. The van der Waals surface area contributed by atoms with Crippen molar-refractivity contribution in [3.63, 3.8) is 0 Å². The number of nitrogens with zero attached hydrogens (tertiary/aromatic N) is 1. The van der Waals surface area contributed by atoms with E-state index in [2.05, 4.69) is 23.2 Å². The van der Waals surface area contributed by atoms with E-state index in [1.165, 1.54) is 19.5 Å². The Morgan fingerprint density at radius 1 is 1.75 bits per heavy atom. The molecular formula is C10H18N2. The molecule has 1 aliphatic heterocycles. The minimum atomic E-state index is 0.218. The van der Waals surface area contributed by atoms with E-state index in [1.807, 2.05) is 6.92 Å². The summed E-state index contributed by atoms with van der Waals surface area (Å²) in [6, 6.07) is 0.218. The summed E-state index contributed by atoms with van der Waals surface area (Å²) in [6.07, 6.45) is 6.57. The molecule has 0 radical (unpaired) electrons. The fraction of sp³-hybridized carbons (Fsp3) is 0.800. The summed E-state index contributed by atoms with van der Waals surface area (Å²) in [4.78, 5) is 2.37. The average Bonchev–Trinajstić information content (AvgIpc) is 2.47. The lowest BCUT2D eigenvalue weighted by Gasteiger charge is -2.13. The zero-order chi connectivity index (χ0) is 8.97. The fourth-order valence-corrected chi connectivity index (χ4v) is 1.60. The molecule has 2 nitrogen and oxygen atoms in total. The number of terminal acetylenes is 1. The lowest BCUT2D eigenvalue weighted by molar-refractivity contribution is 0.386. The molecule has 0 aromatic rings. The van der Waals surface area contributed by atoms with Crippen molar-refractivity contribution in [2.45, 2.75) is 19.4 Å². The van der Waals surface area contributed by atoms with Crippen LogP contribution in [0.5, 0.6) is 0 Å². The van der Waals surface area contributed by atoms with Crippen molar-refractivity contribution in [1.29, 1.82) is 0 Å². The summed E-state index contributed by atoms with van der Waals surface area (Å²) in [5, 5.41) is 3.33. The molecule has 12 heavy (non-hydrogen) atoms. The number of nitrogens with one attached hydrogen (secondary N) is 1. The van der Waals surface area contributed by atoms with Gasteiger partial charge in [0.2, 0.25) is 0 Å². The quantitative estimate of drug-likeness (QED) is 0.616. The molecule has 0 aromatic heterocycles. The molecule has 0 saturated carbocycles. The first kappa shape index (κ1) is 9.57. The monoisotopic (exact) mass is 166 g/mol. The topological polar surface area (TPSA) is 15.3 Å². The van der Waals surface area contributed by atoms with Crippen molar-refractivity contribution in [2.24, 2.45) is 5.92 Å². The molecule has 0 bridgehead atoms. The van der Waals surface area contributed by atoms with Crippen molar-refractivity contribution in [2.75, 3.05) is 26.7 Å². The molecule has 68 valence electrons. The smallest absolute Gasteiger partial charge is 0.0658 e. The highest BCUT2D eigenvalue weighted by molar-refractivity contribution is 4.96. The van der Waals surface area contributed by atoms with Gasteiger partial charge in [0.25, 0.3) is 0 Å². The third-order valence-electron chi connectivity index (χ3n) is 2.45. The largest absolute Gasteiger partial charge is 0.306 e. The number of rotatable bonds is 3. The zero-order valence-corrected chi connectivity index (χ0v) is 8.01. The zero-order valence-electron chi connectivity index (χ0n) is 8.01. The second-order valence-corrected chi connectivity index (χ2v) is 3.71. The van der Waals surface area contributed by atoms with Crippen LogP contribution in [0.4, 0.5) is 0 Å². The van der Waals surface area contributed by atoms with E-state index >= 15 is 0 Å². The second kappa shape index (κ2) is 4.49. The Bertz CT molecular complexity index is 171. The summed E-state index contributed by atoms with van der Waals surface area (Å²) in [5.74, 6) is 3.47. The van der Waals surface area contributed by atoms with Gasteiger partial charge in [-0.25, -0.2) is 0 Å². The lowest BCUT2D eigenvalue weighted by atomic mass is 10.1. The van der Waals surface area contributed by atoms with Crippen LogP contribution in [0, 0.1) is 18.3 Å². The van der Waals surface area contributed by atoms with Crippen LogP contribution >= 0.6 is 0 Å². The van der Waals surface area contributed by atoms with Gasteiger partial charge in [-0.2, -0.15) is 0 Å². The van der Waals surface area contributed by atoms with Gasteiger partial charge in [0.15, 0.2) is 0 Å². The van der Waals surface area contributed by atoms with Gasteiger partial charge >= 0.3 is 0 Å². The Kier molecular flexibility index (Phi) is 3.58. The van der Waals surface area contributed by atoms with E-state index in [4.69, 9.17) is 6.42 Å². The normalized spacial score (nSPS) is 26.9. The Balaban J connectivity index is 2.12. The first-order chi connectivity index (χ1) is 5.72. The second-order valence-electron chi connectivity index (χ2n) is 3.71. The number of hydrogen-bond acceptors (Lipinski definition) is 2. The maximum Gasteiger partial charge on any atom is 0.0658 e. The Hall–Kier alpha value is -0.520. The molecule has 2 heteroatoms. The maximum absolute atomic E-state index is 5.26.